The van der Waals surface area contributed by atoms with Crippen LogP contribution in [0.25, 0.3) is 0 Å². The van der Waals surface area contributed by atoms with Gasteiger partial charge in [-0.1, -0.05) is 6.07 Å². The molecular formula is C14H12N2O. The lowest BCUT2D eigenvalue weighted by atomic mass is 10.1. The van der Waals surface area contributed by atoms with E-state index in [0.717, 1.165) is 16.9 Å². The number of aryl methyl sites for hydroxylation is 2. The van der Waals surface area contributed by atoms with E-state index in [1.54, 1.807) is 12.1 Å². The summed E-state index contributed by atoms with van der Waals surface area (Å²) in [4.78, 5) is 4.06. The highest BCUT2D eigenvalue weighted by Crippen LogP contribution is 2.22. The number of aromatic nitrogens is 1. The van der Waals surface area contributed by atoms with E-state index in [0.29, 0.717) is 11.4 Å². The molecule has 0 aliphatic carbocycles. The highest BCUT2D eigenvalue weighted by Gasteiger charge is 2.00. The van der Waals surface area contributed by atoms with Gasteiger partial charge in [0.05, 0.1) is 5.56 Å². The summed E-state index contributed by atoms with van der Waals surface area (Å²) in [6.45, 7) is 4.04. The topological polar surface area (TPSA) is 45.9 Å². The molecule has 17 heavy (non-hydrogen) atoms. The molecule has 0 atom stereocenters. The Morgan fingerprint density at radius 2 is 1.82 bits per heavy atom. The van der Waals surface area contributed by atoms with Crippen molar-refractivity contribution < 1.29 is 4.74 Å². The average molecular weight is 224 g/mol. The molecule has 0 aliphatic heterocycles. The Hall–Kier alpha value is -2.34. The van der Waals surface area contributed by atoms with E-state index in [4.69, 9.17) is 10.00 Å². The fraction of sp³-hybridized carbons (Fsp3) is 0.143. The van der Waals surface area contributed by atoms with Crippen LogP contribution in [0.5, 0.6) is 11.6 Å². The van der Waals surface area contributed by atoms with Crippen LogP contribution in [0.4, 0.5) is 0 Å². The normalized spacial score (nSPS) is 9.71. The lowest BCUT2D eigenvalue weighted by Crippen LogP contribution is -1.89. The summed E-state index contributed by atoms with van der Waals surface area (Å²) >= 11 is 0. The molecule has 2 rings (SSSR count). The summed E-state index contributed by atoms with van der Waals surface area (Å²) in [7, 11) is 0. The Balaban J connectivity index is 2.22. The molecule has 0 N–H and O–H groups in total. The van der Waals surface area contributed by atoms with Crippen LogP contribution in [0.15, 0.2) is 36.5 Å². The quantitative estimate of drug-likeness (QED) is 0.785. The Morgan fingerprint density at radius 1 is 1.12 bits per heavy atom. The van der Waals surface area contributed by atoms with Crippen LogP contribution >= 0.6 is 0 Å². The molecule has 0 amide bonds. The van der Waals surface area contributed by atoms with Crippen molar-refractivity contribution in [2.45, 2.75) is 13.8 Å². The second-order valence-corrected chi connectivity index (χ2v) is 3.92. The SMILES string of the molecule is Cc1cc(C)cc(Oc2ccc(C#N)cn2)c1. The minimum atomic E-state index is 0.494. The summed E-state index contributed by atoms with van der Waals surface area (Å²) in [6.07, 6.45) is 1.50. The van der Waals surface area contributed by atoms with Gasteiger partial charge in [0.1, 0.15) is 11.8 Å². The van der Waals surface area contributed by atoms with Crippen LogP contribution in [-0.4, -0.2) is 4.98 Å². The van der Waals surface area contributed by atoms with Crippen molar-refractivity contribution in [3.63, 3.8) is 0 Å². The largest absolute Gasteiger partial charge is 0.439 e. The molecule has 0 unspecified atom stereocenters. The molecule has 0 saturated heterocycles. The van der Waals surface area contributed by atoms with E-state index in [2.05, 4.69) is 11.1 Å². The molecule has 1 heterocycles. The summed E-state index contributed by atoms with van der Waals surface area (Å²) in [5.41, 5.74) is 2.82. The third-order valence-electron chi connectivity index (χ3n) is 2.28. The molecule has 84 valence electrons. The van der Waals surface area contributed by atoms with E-state index in [1.165, 1.54) is 6.20 Å². The first kappa shape index (κ1) is 11.2. The van der Waals surface area contributed by atoms with Crippen molar-refractivity contribution in [2.75, 3.05) is 0 Å². The van der Waals surface area contributed by atoms with Gasteiger partial charge in [-0.25, -0.2) is 4.98 Å². The van der Waals surface area contributed by atoms with Crippen LogP contribution in [0.2, 0.25) is 0 Å². The van der Waals surface area contributed by atoms with Crippen molar-refractivity contribution >= 4 is 0 Å². The maximum absolute atomic E-state index is 8.66. The van der Waals surface area contributed by atoms with Crippen molar-refractivity contribution in [3.05, 3.63) is 53.2 Å². The van der Waals surface area contributed by atoms with Crippen molar-refractivity contribution in [2.24, 2.45) is 0 Å². The van der Waals surface area contributed by atoms with Crippen LogP contribution in [0, 0.1) is 25.2 Å². The van der Waals surface area contributed by atoms with Gasteiger partial charge in [-0.05, 0) is 43.2 Å². The molecule has 2 aromatic rings. The summed E-state index contributed by atoms with van der Waals surface area (Å²) in [6, 6.07) is 11.4. The standard InChI is InChI=1S/C14H12N2O/c1-10-5-11(2)7-13(6-10)17-14-4-3-12(8-15)9-16-14/h3-7,9H,1-2H3. The van der Waals surface area contributed by atoms with Gasteiger partial charge in [-0.15, -0.1) is 0 Å². The van der Waals surface area contributed by atoms with E-state index < -0.39 is 0 Å². The smallest absolute Gasteiger partial charge is 0.219 e. The third kappa shape index (κ3) is 2.82. The van der Waals surface area contributed by atoms with E-state index in [-0.39, 0.29) is 0 Å². The Labute approximate surface area is 100 Å². The molecule has 0 fully saturated rings. The summed E-state index contributed by atoms with van der Waals surface area (Å²) in [5.74, 6) is 1.26. The van der Waals surface area contributed by atoms with E-state index >= 15 is 0 Å². The molecule has 3 nitrogen and oxygen atoms in total. The molecule has 0 radical (unpaired) electrons. The van der Waals surface area contributed by atoms with Gasteiger partial charge in [0.25, 0.3) is 0 Å². The first-order valence-corrected chi connectivity index (χ1v) is 5.30. The lowest BCUT2D eigenvalue weighted by Gasteiger charge is -2.06. The van der Waals surface area contributed by atoms with Crippen LogP contribution < -0.4 is 4.74 Å². The van der Waals surface area contributed by atoms with Gasteiger partial charge in [0.2, 0.25) is 5.88 Å². The van der Waals surface area contributed by atoms with Gasteiger partial charge < -0.3 is 4.74 Å². The van der Waals surface area contributed by atoms with Gasteiger partial charge in [0, 0.05) is 12.3 Å². The first-order chi connectivity index (χ1) is 8.17. The highest BCUT2D eigenvalue weighted by atomic mass is 16.5. The first-order valence-electron chi connectivity index (χ1n) is 5.30. The van der Waals surface area contributed by atoms with Crippen molar-refractivity contribution in [1.82, 2.24) is 4.98 Å². The molecule has 1 aromatic carbocycles. The average Bonchev–Trinajstić information content (AvgIpc) is 2.28. The summed E-state index contributed by atoms with van der Waals surface area (Å²) in [5, 5.41) is 8.66. The van der Waals surface area contributed by atoms with Crippen LogP contribution in [-0.2, 0) is 0 Å². The predicted octanol–water partition coefficient (Wildman–Crippen LogP) is 3.36. The van der Waals surface area contributed by atoms with Gasteiger partial charge in [0.15, 0.2) is 0 Å². The second kappa shape index (κ2) is 4.67. The number of nitrogens with zero attached hydrogens (tertiary/aromatic N) is 2. The van der Waals surface area contributed by atoms with E-state index in [1.807, 2.05) is 32.0 Å². The maximum atomic E-state index is 8.66. The third-order valence-corrected chi connectivity index (χ3v) is 2.28. The molecular weight excluding hydrogens is 212 g/mol. The summed E-state index contributed by atoms with van der Waals surface area (Å²) < 4.78 is 5.62. The number of hydrogen-bond acceptors (Lipinski definition) is 3. The van der Waals surface area contributed by atoms with Gasteiger partial charge >= 0.3 is 0 Å². The van der Waals surface area contributed by atoms with Gasteiger partial charge in [-0.2, -0.15) is 5.26 Å². The monoisotopic (exact) mass is 224 g/mol. The second-order valence-electron chi connectivity index (χ2n) is 3.92. The fourth-order valence-electron chi connectivity index (χ4n) is 1.62. The number of pyridine rings is 1. The number of ether oxygens (including phenoxy) is 1. The molecule has 1 aromatic heterocycles. The molecule has 0 saturated carbocycles. The molecule has 3 heteroatoms. The van der Waals surface area contributed by atoms with Crippen LogP contribution in [0.3, 0.4) is 0 Å². The molecule has 0 bridgehead atoms. The number of benzene rings is 1. The lowest BCUT2D eigenvalue weighted by molar-refractivity contribution is 0.462. The zero-order valence-electron chi connectivity index (χ0n) is 9.77. The maximum Gasteiger partial charge on any atom is 0.219 e. The van der Waals surface area contributed by atoms with Crippen molar-refractivity contribution in [1.29, 1.82) is 5.26 Å². The van der Waals surface area contributed by atoms with E-state index in [9.17, 15) is 0 Å². The fourth-order valence-corrected chi connectivity index (χ4v) is 1.62. The molecule has 0 spiro atoms. The zero-order chi connectivity index (χ0) is 12.3. The number of hydrogen-bond donors (Lipinski definition) is 0. The number of rotatable bonds is 2. The molecule has 0 aliphatic rings. The predicted molar refractivity (Wildman–Crippen MR) is 64.9 cm³/mol. The minimum Gasteiger partial charge on any atom is -0.439 e. The number of nitriles is 1. The Bertz CT molecular complexity index is 548. The highest BCUT2D eigenvalue weighted by molar-refractivity contribution is 5.36. The van der Waals surface area contributed by atoms with Crippen molar-refractivity contribution in [3.8, 4) is 17.7 Å². The van der Waals surface area contributed by atoms with Crippen LogP contribution in [0.1, 0.15) is 16.7 Å². The zero-order valence-corrected chi connectivity index (χ0v) is 9.77. The minimum absolute atomic E-state index is 0.494. The Morgan fingerprint density at radius 3 is 2.35 bits per heavy atom. The Kier molecular flexibility index (Phi) is 3.06. The van der Waals surface area contributed by atoms with Gasteiger partial charge in [-0.3, -0.25) is 0 Å².